The molecular formula is C21H21N3O3S2. The molecule has 0 fully saturated rings. The van der Waals surface area contributed by atoms with Crippen LogP contribution in [0, 0.1) is 0 Å². The van der Waals surface area contributed by atoms with Gasteiger partial charge in [-0.15, -0.1) is 11.3 Å². The fourth-order valence-electron chi connectivity index (χ4n) is 3.50. The van der Waals surface area contributed by atoms with Gasteiger partial charge in [0.2, 0.25) is 15.9 Å². The minimum atomic E-state index is -3.54. The van der Waals surface area contributed by atoms with Gasteiger partial charge in [-0.3, -0.25) is 4.79 Å². The van der Waals surface area contributed by atoms with Gasteiger partial charge >= 0.3 is 0 Å². The van der Waals surface area contributed by atoms with Crippen LogP contribution in [0.2, 0.25) is 0 Å². The predicted molar refractivity (Wildman–Crippen MR) is 114 cm³/mol. The van der Waals surface area contributed by atoms with Crippen LogP contribution >= 0.6 is 11.3 Å². The number of fused-ring (bicyclic) bond motifs is 1. The van der Waals surface area contributed by atoms with Crippen LogP contribution in [-0.4, -0.2) is 35.9 Å². The lowest BCUT2D eigenvalue weighted by Crippen LogP contribution is -2.50. The van der Waals surface area contributed by atoms with Gasteiger partial charge in [0.05, 0.1) is 6.26 Å². The molecule has 0 saturated carbocycles. The Balaban J connectivity index is 1.51. The number of aromatic nitrogens is 1. The van der Waals surface area contributed by atoms with Gasteiger partial charge in [0.25, 0.3) is 0 Å². The number of rotatable bonds is 5. The Morgan fingerprint density at radius 1 is 1.14 bits per heavy atom. The molecule has 4 rings (SSSR count). The van der Waals surface area contributed by atoms with E-state index in [1.54, 1.807) is 6.20 Å². The van der Waals surface area contributed by atoms with Crippen LogP contribution in [0.3, 0.4) is 0 Å². The molecule has 0 spiro atoms. The number of hydrogen-bond donors (Lipinski definition) is 1. The molecule has 0 bridgehead atoms. The average Bonchev–Trinajstić information content (AvgIpc) is 3.13. The topological polar surface area (TPSA) is 79.4 Å². The maximum absolute atomic E-state index is 13.0. The fourth-order valence-corrected chi connectivity index (χ4v) is 5.36. The number of nitrogens with one attached hydrogen (secondary N) is 1. The van der Waals surface area contributed by atoms with Crippen molar-refractivity contribution in [3.8, 4) is 0 Å². The molecule has 1 amide bonds. The van der Waals surface area contributed by atoms with Crippen LogP contribution in [0.15, 0.2) is 60.8 Å². The lowest BCUT2D eigenvalue weighted by molar-refractivity contribution is -0.120. The van der Waals surface area contributed by atoms with Crippen molar-refractivity contribution < 1.29 is 13.2 Å². The van der Waals surface area contributed by atoms with Crippen LogP contribution in [0.4, 0.5) is 5.13 Å². The highest BCUT2D eigenvalue weighted by atomic mass is 32.2. The first-order chi connectivity index (χ1) is 13.9. The quantitative estimate of drug-likeness (QED) is 0.679. The lowest BCUT2D eigenvalue weighted by atomic mass is 9.95. The number of carbonyl (C=O) groups is 1. The zero-order valence-electron chi connectivity index (χ0n) is 15.9. The molecule has 2 aromatic carbocycles. The van der Waals surface area contributed by atoms with Gasteiger partial charge in [0.15, 0.2) is 5.13 Å². The number of carbonyl (C=O) groups excluding carboxylic acids is 1. The van der Waals surface area contributed by atoms with Gasteiger partial charge in [-0.2, -0.15) is 4.31 Å². The van der Waals surface area contributed by atoms with Crippen LogP contribution in [0.5, 0.6) is 0 Å². The zero-order valence-corrected chi connectivity index (χ0v) is 17.5. The fraction of sp³-hybridized carbons (Fsp3) is 0.238. The molecule has 3 aromatic rings. The molecule has 0 saturated heterocycles. The van der Waals surface area contributed by atoms with E-state index in [4.69, 9.17) is 0 Å². The van der Waals surface area contributed by atoms with Gasteiger partial charge in [-0.1, -0.05) is 54.6 Å². The van der Waals surface area contributed by atoms with Gasteiger partial charge in [0, 0.05) is 24.0 Å². The molecule has 29 heavy (non-hydrogen) atoms. The summed E-state index contributed by atoms with van der Waals surface area (Å²) >= 11 is 1.40. The molecule has 2 heterocycles. The molecule has 150 valence electrons. The van der Waals surface area contributed by atoms with Crippen LogP contribution < -0.4 is 5.32 Å². The van der Waals surface area contributed by atoms with Crippen molar-refractivity contribution in [2.24, 2.45) is 0 Å². The first kappa shape index (κ1) is 19.8. The summed E-state index contributed by atoms with van der Waals surface area (Å²) in [7, 11) is -3.54. The normalized spacial score (nSPS) is 16.9. The van der Waals surface area contributed by atoms with E-state index in [0.717, 1.165) is 28.7 Å². The summed E-state index contributed by atoms with van der Waals surface area (Å²) in [6.07, 6.45) is 3.97. The van der Waals surface area contributed by atoms with E-state index < -0.39 is 16.1 Å². The van der Waals surface area contributed by atoms with E-state index in [-0.39, 0.29) is 12.5 Å². The summed E-state index contributed by atoms with van der Waals surface area (Å²) in [5, 5.41) is 3.29. The Bertz CT molecular complexity index is 1130. The third-order valence-electron chi connectivity index (χ3n) is 4.94. The highest BCUT2D eigenvalue weighted by Crippen LogP contribution is 2.27. The predicted octanol–water partition coefficient (Wildman–Crippen LogP) is 3.06. The molecule has 6 nitrogen and oxygen atoms in total. The summed E-state index contributed by atoms with van der Waals surface area (Å²) < 4.78 is 25.9. The Labute approximate surface area is 174 Å². The zero-order chi connectivity index (χ0) is 20.4. The second-order valence-corrected chi connectivity index (χ2v) is 10.1. The maximum Gasteiger partial charge on any atom is 0.244 e. The molecule has 1 aliphatic rings. The summed E-state index contributed by atoms with van der Waals surface area (Å²) in [5.41, 5.74) is 3.10. The number of benzene rings is 2. The monoisotopic (exact) mass is 427 g/mol. The Hall–Kier alpha value is -2.55. The van der Waals surface area contributed by atoms with E-state index in [2.05, 4.69) is 10.3 Å². The molecule has 1 N–H and O–H groups in total. The van der Waals surface area contributed by atoms with E-state index >= 15 is 0 Å². The van der Waals surface area contributed by atoms with Crippen LogP contribution in [-0.2, 0) is 34.2 Å². The second-order valence-electron chi connectivity index (χ2n) is 7.08. The summed E-state index contributed by atoms with van der Waals surface area (Å²) in [6, 6.07) is 16.9. The van der Waals surface area contributed by atoms with Crippen molar-refractivity contribution in [3.05, 3.63) is 82.4 Å². The molecule has 0 radical (unpaired) electrons. The Morgan fingerprint density at radius 3 is 2.55 bits per heavy atom. The van der Waals surface area contributed by atoms with Crippen molar-refractivity contribution in [3.63, 3.8) is 0 Å². The smallest absolute Gasteiger partial charge is 0.244 e. The van der Waals surface area contributed by atoms with E-state index in [9.17, 15) is 13.2 Å². The molecule has 0 unspecified atom stereocenters. The molecule has 1 aromatic heterocycles. The van der Waals surface area contributed by atoms with E-state index in [0.29, 0.717) is 11.6 Å². The van der Waals surface area contributed by atoms with Crippen molar-refractivity contribution >= 4 is 32.4 Å². The minimum Gasteiger partial charge on any atom is -0.301 e. The van der Waals surface area contributed by atoms with Gasteiger partial charge < -0.3 is 5.32 Å². The molecular weight excluding hydrogens is 406 g/mol. The highest BCUT2D eigenvalue weighted by molar-refractivity contribution is 7.88. The summed E-state index contributed by atoms with van der Waals surface area (Å²) in [4.78, 5) is 18.3. The number of anilines is 1. The van der Waals surface area contributed by atoms with E-state index in [1.807, 2.05) is 54.6 Å². The minimum absolute atomic E-state index is 0.199. The van der Waals surface area contributed by atoms with E-state index in [1.165, 1.54) is 21.2 Å². The first-order valence-electron chi connectivity index (χ1n) is 9.23. The van der Waals surface area contributed by atoms with Gasteiger partial charge in [-0.05, 0) is 23.1 Å². The number of amides is 1. The van der Waals surface area contributed by atoms with Crippen LogP contribution in [0.1, 0.15) is 21.6 Å². The maximum atomic E-state index is 13.0. The number of sulfonamides is 1. The third kappa shape index (κ3) is 4.55. The first-order valence-corrected chi connectivity index (χ1v) is 11.9. The molecule has 1 atom stereocenters. The Kier molecular flexibility index (Phi) is 5.49. The highest BCUT2D eigenvalue weighted by Gasteiger charge is 2.37. The van der Waals surface area contributed by atoms with Crippen molar-refractivity contribution in [2.75, 3.05) is 11.6 Å². The van der Waals surface area contributed by atoms with Crippen molar-refractivity contribution in [1.82, 2.24) is 9.29 Å². The number of hydrogen-bond acceptors (Lipinski definition) is 5. The Morgan fingerprint density at radius 2 is 1.83 bits per heavy atom. The van der Waals surface area contributed by atoms with Crippen LogP contribution in [0.25, 0.3) is 0 Å². The SMILES string of the molecule is CS(=O)(=O)N1Cc2ccccc2C[C@H]1C(=O)Nc1ncc(Cc2ccccc2)s1. The lowest BCUT2D eigenvalue weighted by Gasteiger charge is -2.33. The van der Waals surface area contributed by atoms with Crippen molar-refractivity contribution in [2.45, 2.75) is 25.4 Å². The second kappa shape index (κ2) is 8.06. The molecule has 8 heteroatoms. The molecule has 0 aliphatic carbocycles. The average molecular weight is 428 g/mol. The van der Waals surface area contributed by atoms with Crippen molar-refractivity contribution in [1.29, 1.82) is 0 Å². The molecule has 1 aliphatic heterocycles. The van der Waals surface area contributed by atoms with Gasteiger partial charge in [0.1, 0.15) is 6.04 Å². The third-order valence-corrected chi connectivity index (χ3v) is 7.09. The largest absolute Gasteiger partial charge is 0.301 e. The summed E-state index contributed by atoms with van der Waals surface area (Å²) in [5.74, 6) is -0.356. The standard InChI is InChI=1S/C21H21N3O3S2/c1-29(26,27)24-14-17-10-6-5-9-16(17)12-19(24)20(25)23-21-22-13-18(28-21)11-15-7-3-2-4-8-15/h2-10,13,19H,11-12,14H2,1H3,(H,22,23,25)/t19-/m0/s1. The number of nitrogens with zero attached hydrogens (tertiary/aromatic N) is 2. The summed E-state index contributed by atoms with van der Waals surface area (Å²) in [6.45, 7) is 0.199. The van der Waals surface area contributed by atoms with Gasteiger partial charge in [-0.25, -0.2) is 13.4 Å². The number of thiazole rings is 1.